The predicted molar refractivity (Wildman–Crippen MR) is 96.1 cm³/mol. The average Bonchev–Trinajstić information content (AvgIpc) is 2.96. The van der Waals surface area contributed by atoms with Gasteiger partial charge in [0.15, 0.2) is 0 Å². The summed E-state index contributed by atoms with van der Waals surface area (Å²) in [7, 11) is 0. The van der Waals surface area contributed by atoms with Gasteiger partial charge in [0, 0.05) is 31.2 Å². The van der Waals surface area contributed by atoms with Crippen molar-refractivity contribution in [3.63, 3.8) is 0 Å². The van der Waals surface area contributed by atoms with Crippen molar-refractivity contribution in [2.75, 3.05) is 0 Å². The Bertz CT molecular complexity index is 965. The number of fused-ring (bicyclic) bond motifs is 4. The summed E-state index contributed by atoms with van der Waals surface area (Å²) in [6.45, 7) is 4.54. The lowest BCUT2D eigenvalue weighted by Gasteiger charge is -1.98. The van der Waals surface area contributed by atoms with E-state index < -0.39 is 0 Å². The van der Waals surface area contributed by atoms with E-state index in [-0.39, 0.29) is 0 Å². The average molecular weight is 332 g/mol. The third-order valence-electron chi connectivity index (χ3n) is 3.64. The molecule has 21 heavy (non-hydrogen) atoms. The summed E-state index contributed by atoms with van der Waals surface area (Å²) in [4.78, 5) is 5.66. The lowest BCUT2D eigenvalue weighted by Crippen LogP contribution is -1.89. The Labute approximate surface area is 136 Å². The number of pyridine rings is 1. The Kier molecular flexibility index (Phi) is 3.18. The fourth-order valence-electron chi connectivity index (χ4n) is 2.76. The molecule has 4 rings (SSSR count). The first-order valence-corrected chi connectivity index (χ1v) is 9.02. The molecule has 0 N–H and O–H groups in total. The van der Waals surface area contributed by atoms with Crippen LogP contribution in [0, 0.1) is 5.92 Å². The summed E-state index contributed by atoms with van der Waals surface area (Å²) in [6, 6.07) is 9.01. The number of aromatic nitrogens is 1. The second-order valence-electron chi connectivity index (χ2n) is 5.78. The fraction of sp³-hybridized carbons (Fsp3) is 0.235. The topological polar surface area (TPSA) is 12.9 Å². The van der Waals surface area contributed by atoms with Crippen molar-refractivity contribution in [1.82, 2.24) is 4.98 Å². The van der Waals surface area contributed by atoms with Crippen molar-refractivity contribution in [3.8, 4) is 0 Å². The summed E-state index contributed by atoms with van der Waals surface area (Å²) in [6.07, 6.45) is 2.95. The normalized spacial score (nSPS) is 12.2. The molecule has 0 aliphatic carbocycles. The molecule has 0 aliphatic heterocycles. The van der Waals surface area contributed by atoms with Crippen molar-refractivity contribution >= 4 is 64.5 Å². The molecule has 0 bridgehead atoms. The molecule has 3 heterocycles. The maximum absolute atomic E-state index is 6.22. The molecule has 1 aromatic carbocycles. The summed E-state index contributed by atoms with van der Waals surface area (Å²) in [5.41, 5.74) is 0. The van der Waals surface area contributed by atoms with Gasteiger partial charge in [0.2, 0.25) is 0 Å². The quantitative estimate of drug-likeness (QED) is 0.381. The van der Waals surface area contributed by atoms with Crippen LogP contribution in [0.25, 0.3) is 30.3 Å². The fourth-order valence-corrected chi connectivity index (χ4v) is 5.51. The van der Waals surface area contributed by atoms with Crippen molar-refractivity contribution in [2.24, 2.45) is 5.92 Å². The third-order valence-corrected chi connectivity index (χ3v) is 6.34. The molecule has 3 aromatic heterocycles. The van der Waals surface area contributed by atoms with Crippen LogP contribution < -0.4 is 0 Å². The summed E-state index contributed by atoms with van der Waals surface area (Å²) in [5.74, 6) is 0.699. The highest BCUT2D eigenvalue weighted by Crippen LogP contribution is 2.40. The van der Waals surface area contributed by atoms with E-state index in [1.54, 1.807) is 17.5 Å². The minimum Gasteiger partial charge on any atom is -0.243 e. The zero-order valence-electron chi connectivity index (χ0n) is 11.8. The minimum atomic E-state index is 0.609. The summed E-state index contributed by atoms with van der Waals surface area (Å²) in [5, 5.41) is 4.46. The molecule has 0 spiro atoms. The van der Waals surface area contributed by atoms with Crippen LogP contribution in [0.3, 0.4) is 0 Å². The van der Waals surface area contributed by atoms with Crippen molar-refractivity contribution in [2.45, 2.75) is 20.3 Å². The standard InChI is InChI=1S/C17H14ClNS2/c1-9(2)5-11-6-10-7-13-12-3-4-19-17(18)16(12)21-15(13)8-14(10)20-11/h3-4,6-9H,5H2,1-2H3. The molecule has 0 aliphatic rings. The van der Waals surface area contributed by atoms with E-state index in [2.05, 4.69) is 43.1 Å². The molecule has 0 radical (unpaired) electrons. The second-order valence-corrected chi connectivity index (χ2v) is 8.36. The zero-order valence-corrected chi connectivity index (χ0v) is 14.2. The highest BCUT2D eigenvalue weighted by Gasteiger charge is 2.11. The molecule has 0 unspecified atom stereocenters. The highest BCUT2D eigenvalue weighted by atomic mass is 35.5. The Morgan fingerprint density at radius 3 is 2.76 bits per heavy atom. The largest absolute Gasteiger partial charge is 0.243 e. The maximum atomic E-state index is 6.22. The monoisotopic (exact) mass is 331 g/mol. The highest BCUT2D eigenvalue weighted by molar-refractivity contribution is 7.27. The van der Waals surface area contributed by atoms with Crippen LogP contribution in [0.4, 0.5) is 0 Å². The first-order valence-electron chi connectivity index (χ1n) is 7.01. The SMILES string of the molecule is CC(C)Cc1cc2cc3c(cc2s1)sc1c(Cl)nccc13. The van der Waals surface area contributed by atoms with Crippen LogP contribution in [0.5, 0.6) is 0 Å². The molecule has 0 saturated carbocycles. The Morgan fingerprint density at radius 1 is 1.10 bits per heavy atom. The number of benzene rings is 1. The van der Waals surface area contributed by atoms with Gasteiger partial charge in [-0.3, -0.25) is 0 Å². The van der Waals surface area contributed by atoms with Gasteiger partial charge in [-0.05, 0) is 42.0 Å². The van der Waals surface area contributed by atoms with Gasteiger partial charge in [-0.1, -0.05) is 25.4 Å². The number of hydrogen-bond donors (Lipinski definition) is 0. The molecule has 4 heteroatoms. The van der Waals surface area contributed by atoms with Gasteiger partial charge in [-0.15, -0.1) is 22.7 Å². The molecule has 1 nitrogen and oxygen atoms in total. The van der Waals surface area contributed by atoms with Crippen LogP contribution in [0.15, 0.2) is 30.5 Å². The van der Waals surface area contributed by atoms with Gasteiger partial charge >= 0.3 is 0 Å². The van der Waals surface area contributed by atoms with E-state index in [9.17, 15) is 0 Å². The molecule has 4 aromatic rings. The molecule has 106 valence electrons. The number of halogens is 1. The number of hydrogen-bond acceptors (Lipinski definition) is 3. The smallest absolute Gasteiger partial charge is 0.146 e. The van der Waals surface area contributed by atoms with Gasteiger partial charge in [0.05, 0.1) is 4.70 Å². The second kappa shape index (κ2) is 4.94. The van der Waals surface area contributed by atoms with E-state index in [0.717, 1.165) is 11.1 Å². The number of thiophene rings is 2. The van der Waals surface area contributed by atoms with Crippen LogP contribution >= 0.6 is 34.3 Å². The molecule has 0 atom stereocenters. The van der Waals surface area contributed by atoms with Crippen molar-refractivity contribution < 1.29 is 0 Å². The van der Waals surface area contributed by atoms with E-state index in [0.29, 0.717) is 11.1 Å². The number of rotatable bonds is 2. The third kappa shape index (κ3) is 2.24. The first-order chi connectivity index (χ1) is 10.1. The molecule has 0 amide bonds. The van der Waals surface area contributed by atoms with E-state index in [1.807, 2.05) is 11.3 Å². The van der Waals surface area contributed by atoms with Crippen molar-refractivity contribution in [1.29, 1.82) is 0 Å². The predicted octanol–water partition coefficient (Wildman–Crippen LogP) is 6.52. The van der Waals surface area contributed by atoms with Crippen LogP contribution in [-0.4, -0.2) is 4.98 Å². The lowest BCUT2D eigenvalue weighted by atomic mass is 10.1. The number of nitrogens with zero attached hydrogens (tertiary/aromatic N) is 1. The van der Waals surface area contributed by atoms with Gasteiger partial charge in [-0.25, -0.2) is 4.98 Å². The summed E-state index contributed by atoms with van der Waals surface area (Å²) >= 11 is 9.87. The van der Waals surface area contributed by atoms with E-state index in [1.165, 1.54) is 30.4 Å². The van der Waals surface area contributed by atoms with Crippen LogP contribution in [0.2, 0.25) is 5.15 Å². The lowest BCUT2D eigenvalue weighted by molar-refractivity contribution is 0.654. The molecule has 0 fully saturated rings. The van der Waals surface area contributed by atoms with Gasteiger partial charge in [0.25, 0.3) is 0 Å². The Morgan fingerprint density at radius 2 is 1.95 bits per heavy atom. The van der Waals surface area contributed by atoms with E-state index in [4.69, 9.17) is 11.6 Å². The zero-order chi connectivity index (χ0) is 14.6. The molecular formula is C17H14ClNS2. The first kappa shape index (κ1) is 13.5. The maximum Gasteiger partial charge on any atom is 0.146 e. The van der Waals surface area contributed by atoms with Crippen LogP contribution in [-0.2, 0) is 6.42 Å². The Balaban J connectivity index is 1.99. The summed E-state index contributed by atoms with van der Waals surface area (Å²) < 4.78 is 3.76. The minimum absolute atomic E-state index is 0.609. The molecule has 0 saturated heterocycles. The van der Waals surface area contributed by atoms with Gasteiger partial charge in [0.1, 0.15) is 5.15 Å². The van der Waals surface area contributed by atoms with Crippen molar-refractivity contribution in [3.05, 3.63) is 40.5 Å². The molecular weight excluding hydrogens is 318 g/mol. The van der Waals surface area contributed by atoms with Crippen LogP contribution in [0.1, 0.15) is 18.7 Å². The van der Waals surface area contributed by atoms with E-state index >= 15 is 0 Å². The van der Waals surface area contributed by atoms with Gasteiger partial charge < -0.3 is 0 Å². The van der Waals surface area contributed by atoms with Gasteiger partial charge in [-0.2, -0.15) is 0 Å². The Hall–Kier alpha value is -1.16.